The minimum atomic E-state index is 0.750. The van der Waals surface area contributed by atoms with E-state index in [9.17, 15) is 0 Å². The van der Waals surface area contributed by atoms with E-state index in [0.717, 1.165) is 4.75 Å². The molecule has 1 aliphatic rings. The second-order valence-corrected chi connectivity index (χ2v) is 3.62. The summed E-state index contributed by atoms with van der Waals surface area (Å²) < 4.78 is 0.750. The molecule has 0 bridgehead atoms. The molecule has 0 aromatic heterocycles. The van der Waals surface area contributed by atoms with Crippen LogP contribution in [0.4, 0.5) is 0 Å². The molecule has 1 heteroatoms. The van der Waals surface area contributed by atoms with Crippen LogP contribution < -0.4 is 0 Å². The van der Waals surface area contributed by atoms with Gasteiger partial charge in [-0.2, -0.15) is 11.8 Å². The van der Waals surface area contributed by atoms with Gasteiger partial charge in [0.1, 0.15) is 0 Å². The van der Waals surface area contributed by atoms with Crippen LogP contribution in [-0.4, -0.2) is 10.5 Å². The first-order chi connectivity index (χ1) is 3.33. The van der Waals surface area contributed by atoms with Crippen molar-refractivity contribution in [1.29, 1.82) is 0 Å². The van der Waals surface area contributed by atoms with E-state index in [0.29, 0.717) is 0 Å². The van der Waals surface area contributed by atoms with Crippen LogP contribution in [0.3, 0.4) is 0 Å². The van der Waals surface area contributed by atoms with Crippen molar-refractivity contribution in [3.8, 4) is 0 Å². The van der Waals surface area contributed by atoms with Crippen LogP contribution in [-0.2, 0) is 0 Å². The summed E-state index contributed by atoms with van der Waals surface area (Å²) in [7, 11) is 0. The zero-order chi connectivity index (χ0) is 5.33. The molecule has 0 saturated carbocycles. The lowest BCUT2D eigenvalue weighted by Gasteiger charge is -2.02. The van der Waals surface area contributed by atoms with Gasteiger partial charge in [0.25, 0.3) is 0 Å². The van der Waals surface area contributed by atoms with Crippen molar-refractivity contribution >= 4 is 11.8 Å². The molecule has 1 saturated heterocycles. The van der Waals surface area contributed by atoms with Crippen molar-refractivity contribution in [2.45, 2.75) is 31.4 Å². The molecule has 0 unspecified atom stereocenters. The van der Waals surface area contributed by atoms with E-state index in [1.807, 2.05) is 0 Å². The van der Waals surface area contributed by atoms with Gasteiger partial charge in [-0.1, -0.05) is 13.8 Å². The molecule has 0 aromatic rings. The Hall–Kier alpha value is 0.350. The quantitative estimate of drug-likeness (QED) is 0.499. The Balaban J connectivity index is 2.28. The van der Waals surface area contributed by atoms with Crippen molar-refractivity contribution in [1.82, 2.24) is 0 Å². The zero-order valence-electron chi connectivity index (χ0n) is 5.03. The highest BCUT2D eigenvalue weighted by Gasteiger charge is 2.39. The second kappa shape index (κ2) is 1.70. The molecule has 1 fully saturated rings. The summed E-state index contributed by atoms with van der Waals surface area (Å²) in [5.74, 6) is 1.42. The average molecular weight is 116 g/mol. The van der Waals surface area contributed by atoms with Gasteiger partial charge in [-0.15, -0.1) is 0 Å². The molecule has 0 radical (unpaired) electrons. The SMILES string of the molecule is CCC1(CC)CS1. The molecule has 1 heterocycles. The molecule has 0 N–H and O–H groups in total. The summed E-state index contributed by atoms with van der Waals surface area (Å²) in [4.78, 5) is 0. The Morgan fingerprint density at radius 3 is 1.86 bits per heavy atom. The zero-order valence-corrected chi connectivity index (χ0v) is 5.85. The van der Waals surface area contributed by atoms with E-state index < -0.39 is 0 Å². The second-order valence-electron chi connectivity index (χ2n) is 2.18. The molecule has 0 aromatic carbocycles. The lowest BCUT2D eigenvalue weighted by molar-refractivity contribution is 0.666. The highest BCUT2D eigenvalue weighted by molar-refractivity contribution is 8.07. The maximum atomic E-state index is 2.28. The Kier molecular flexibility index (Phi) is 1.33. The third kappa shape index (κ3) is 0.933. The van der Waals surface area contributed by atoms with Gasteiger partial charge in [-0.3, -0.25) is 0 Å². The minimum Gasteiger partial charge on any atom is -0.153 e. The lowest BCUT2D eigenvalue weighted by atomic mass is 10.1. The van der Waals surface area contributed by atoms with Gasteiger partial charge in [0.15, 0.2) is 0 Å². The topological polar surface area (TPSA) is 0 Å². The first kappa shape index (κ1) is 5.49. The number of hydrogen-bond acceptors (Lipinski definition) is 1. The predicted octanol–water partition coefficient (Wildman–Crippen LogP) is 2.29. The lowest BCUT2D eigenvalue weighted by Crippen LogP contribution is -2.02. The first-order valence-corrected chi connectivity index (χ1v) is 3.95. The fourth-order valence-corrected chi connectivity index (χ4v) is 1.78. The molecule has 0 atom stereocenters. The molecule has 1 aliphatic heterocycles. The summed E-state index contributed by atoms with van der Waals surface area (Å²) in [6.45, 7) is 4.56. The number of rotatable bonds is 2. The summed E-state index contributed by atoms with van der Waals surface area (Å²) in [6, 6.07) is 0. The molecular formula is C6H12S. The molecule has 42 valence electrons. The van der Waals surface area contributed by atoms with Crippen LogP contribution in [0.2, 0.25) is 0 Å². The Morgan fingerprint density at radius 2 is 1.86 bits per heavy atom. The van der Waals surface area contributed by atoms with Crippen molar-refractivity contribution in [2.24, 2.45) is 0 Å². The largest absolute Gasteiger partial charge is 0.153 e. The molecular weight excluding hydrogens is 104 g/mol. The summed E-state index contributed by atoms with van der Waals surface area (Å²) >= 11 is 2.12. The molecule has 0 amide bonds. The Bertz CT molecular complexity index is 58.6. The van der Waals surface area contributed by atoms with Crippen LogP contribution >= 0.6 is 11.8 Å². The van der Waals surface area contributed by atoms with Crippen LogP contribution in [0.25, 0.3) is 0 Å². The minimum absolute atomic E-state index is 0.750. The summed E-state index contributed by atoms with van der Waals surface area (Å²) in [5.41, 5.74) is 0. The van der Waals surface area contributed by atoms with Gasteiger partial charge in [-0.05, 0) is 12.8 Å². The third-order valence-electron chi connectivity index (χ3n) is 1.84. The van der Waals surface area contributed by atoms with Gasteiger partial charge in [-0.25, -0.2) is 0 Å². The third-order valence-corrected chi connectivity index (χ3v) is 3.52. The molecule has 0 nitrogen and oxygen atoms in total. The van der Waals surface area contributed by atoms with Crippen LogP contribution in [0.15, 0.2) is 0 Å². The monoisotopic (exact) mass is 116 g/mol. The normalized spacial score (nSPS) is 24.9. The predicted molar refractivity (Wildman–Crippen MR) is 35.8 cm³/mol. The van der Waals surface area contributed by atoms with E-state index in [-0.39, 0.29) is 0 Å². The maximum absolute atomic E-state index is 2.28. The summed E-state index contributed by atoms with van der Waals surface area (Å²) in [6.07, 6.45) is 2.74. The Labute approximate surface area is 49.7 Å². The van der Waals surface area contributed by atoms with Crippen LogP contribution in [0.1, 0.15) is 26.7 Å². The summed E-state index contributed by atoms with van der Waals surface area (Å²) in [5, 5.41) is 0. The van der Waals surface area contributed by atoms with Crippen molar-refractivity contribution in [3.05, 3.63) is 0 Å². The van der Waals surface area contributed by atoms with E-state index >= 15 is 0 Å². The first-order valence-electron chi connectivity index (χ1n) is 2.97. The van der Waals surface area contributed by atoms with Gasteiger partial charge in [0.05, 0.1) is 0 Å². The van der Waals surface area contributed by atoms with Gasteiger partial charge in [0.2, 0.25) is 0 Å². The van der Waals surface area contributed by atoms with Crippen molar-refractivity contribution < 1.29 is 0 Å². The van der Waals surface area contributed by atoms with Crippen LogP contribution in [0.5, 0.6) is 0 Å². The molecule has 7 heavy (non-hydrogen) atoms. The standard InChI is InChI=1S/C6H12S/c1-3-6(4-2)5-7-6/h3-5H2,1-2H3. The number of hydrogen-bond donors (Lipinski definition) is 0. The van der Waals surface area contributed by atoms with E-state index in [1.165, 1.54) is 18.6 Å². The van der Waals surface area contributed by atoms with Gasteiger partial charge in [0, 0.05) is 10.5 Å². The smallest absolute Gasteiger partial charge is 0.0245 e. The average Bonchev–Trinajstić information content (AvgIpc) is 2.46. The van der Waals surface area contributed by atoms with E-state index in [1.54, 1.807) is 0 Å². The highest BCUT2D eigenvalue weighted by atomic mass is 32.2. The number of thioether (sulfide) groups is 1. The molecule has 0 spiro atoms. The highest BCUT2D eigenvalue weighted by Crippen LogP contribution is 2.49. The fourth-order valence-electron chi connectivity index (χ4n) is 0.760. The van der Waals surface area contributed by atoms with Gasteiger partial charge >= 0.3 is 0 Å². The van der Waals surface area contributed by atoms with Gasteiger partial charge < -0.3 is 0 Å². The van der Waals surface area contributed by atoms with E-state index in [4.69, 9.17) is 0 Å². The Morgan fingerprint density at radius 1 is 1.43 bits per heavy atom. The molecule has 1 rings (SSSR count). The van der Waals surface area contributed by atoms with Crippen LogP contribution in [0, 0.1) is 0 Å². The maximum Gasteiger partial charge on any atom is 0.0245 e. The van der Waals surface area contributed by atoms with Crippen molar-refractivity contribution in [3.63, 3.8) is 0 Å². The van der Waals surface area contributed by atoms with E-state index in [2.05, 4.69) is 25.6 Å². The molecule has 0 aliphatic carbocycles. The van der Waals surface area contributed by atoms with Crippen molar-refractivity contribution in [2.75, 3.05) is 5.75 Å². The fraction of sp³-hybridized carbons (Fsp3) is 1.00.